The summed E-state index contributed by atoms with van der Waals surface area (Å²) in [5, 5.41) is 21.1. The lowest BCUT2D eigenvalue weighted by Crippen LogP contribution is -2.42. The molecule has 0 aliphatic rings. The quantitative estimate of drug-likeness (QED) is 0.559. The molecular formula is C20H28N4O3S. The summed E-state index contributed by atoms with van der Waals surface area (Å²) in [6.07, 6.45) is 2.00. The van der Waals surface area contributed by atoms with Crippen molar-refractivity contribution in [2.24, 2.45) is 5.92 Å². The van der Waals surface area contributed by atoms with Gasteiger partial charge in [-0.1, -0.05) is 62.9 Å². The molecule has 0 saturated heterocycles. The summed E-state index contributed by atoms with van der Waals surface area (Å²) < 4.78 is 2.04. The maximum Gasteiger partial charge on any atom is 0.326 e. The Morgan fingerprint density at radius 1 is 1.21 bits per heavy atom. The minimum absolute atomic E-state index is 0.106. The van der Waals surface area contributed by atoms with Crippen LogP contribution in [0.4, 0.5) is 0 Å². The van der Waals surface area contributed by atoms with E-state index in [0.717, 1.165) is 24.4 Å². The molecule has 1 atom stereocenters. The average Bonchev–Trinajstić information content (AvgIpc) is 3.02. The average molecular weight is 405 g/mol. The summed E-state index contributed by atoms with van der Waals surface area (Å²) in [4.78, 5) is 23.5. The van der Waals surface area contributed by atoms with Gasteiger partial charge in [0.05, 0.1) is 5.75 Å². The molecule has 2 aromatic rings. The lowest BCUT2D eigenvalue weighted by molar-refractivity contribution is -0.141. The van der Waals surface area contributed by atoms with E-state index in [0.29, 0.717) is 18.0 Å². The molecule has 0 spiro atoms. The number of nitrogens with zero attached hydrogens (tertiary/aromatic N) is 3. The second-order valence-corrected chi connectivity index (χ2v) is 8.03. The molecule has 28 heavy (non-hydrogen) atoms. The van der Waals surface area contributed by atoms with Crippen molar-refractivity contribution in [3.05, 3.63) is 41.7 Å². The number of nitrogens with one attached hydrogen (secondary N) is 1. The van der Waals surface area contributed by atoms with Gasteiger partial charge in [0.2, 0.25) is 5.91 Å². The lowest BCUT2D eigenvalue weighted by Gasteiger charge is -2.16. The normalized spacial score (nSPS) is 12.1. The van der Waals surface area contributed by atoms with E-state index in [2.05, 4.69) is 22.4 Å². The smallest absolute Gasteiger partial charge is 0.326 e. The maximum absolute atomic E-state index is 12.2. The van der Waals surface area contributed by atoms with Crippen molar-refractivity contribution < 1.29 is 14.7 Å². The largest absolute Gasteiger partial charge is 0.480 e. The molecule has 0 aliphatic heterocycles. The molecule has 2 rings (SSSR count). The molecule has 8 heteroatoms. The molecule has 0 saturated carbocycles. The number of hydrogen-bond donors (Lipinski definition) is 2. The van der Waals surface area contributed by atoms with Gasteiger partial charge in [-0.3, -0.25) is 4.79 Å². The van der Waals surface area contributed by atoms with Crippen molar-refractivity contribution in [3.8, 4) is 0 Å². The van der Waals surface area contributed by atoms with Crippen molar-refractivity contribution >= 4 is 23.6 Å². The summed E-state index contributed by atoms with van der Waals surface area (Å²) in [6, 6.07) is 9.19. The van der Waals surface area contributed by atoms with Crippen LogP contribution < -0.4 is 5.32 Å². The number of thioether (sulfide) groups is 1. The van der Waals surface area contributed by atoms with Crippen LogP contribution in [0.3, 0.4) is 0 Å². The van der Waals surface area contributed by atoms with Crippen molar-refractivity contribution in [1.82, 2.24) is 20.1 Å². The van der Waals surface area contributed by atoms with E-state index in [1.165, 1.54) is 11.8 Å². The Morgan fingerprint density at radius 3 is 2.54 bits per heavy atom. The molecule has 1 aromatic heterocycles. The van der Waals surface area contributed by atoms with Crippen LogP contribution in [-0.2, 0) is 22.6 Å². The Hall–Kier alpha value is -2.35. The fourth-order valence-corrected chi connectivity index (χ4v) is 3.64. The van der Waals surface area contributed by atoms with Gasteiger partial charge in [-0.15, -0.1) is 10.2 Å². The van der Waals surface area contributed by atoms with Gasteiger partial charge in [-0.25, -0.2) is 4.79 Å². The van der Waals surface area contributed by atoms with E-state index >= 15 is 0 Å². The fraction of sp³-hybridized carbons (Fsp3) is 0.500. The van der Waals surface area contributed by atoms with Crippen molar-refractivity contribution in [2.45, 2.75) is 57.8 Å². The number of hydrogen-bond acceptors (Lipinski definition) is 5. The number of carbonyl (C=O) groups is 2. The first-order chi connectivity index (χ1) is 13.4. The number of rotatable bonds is 11. The van der Waals surface area contributed by atoms with Crippen molar-refractivity contribution in [3.63, 3.8) is 0 Å². The van der Waals surface area contributed by atoms with Crippen LogP contribution in [0, 0.1) is 5.92 Å². The Kier molecular flexibility index (Phi) is 8.50. The first-order valence-electron chi connectivity index (χ1n) is 9.51. The highest BCUT2D eigenvalue weighted by atomic mass is 32.2. The van der Waals surface area contributed by atoms with Crippen LogP contribution in [0.15, 0.2) is 35.5 Å². The number of aliphatic carboxylic acids is 1. The van der Waals surface area contributed by atoms with Gasteiger partial charge in [0.15, 0.2) is 5.16 Å². The molecule has 1 amide bonds. The fourth-order valence-electron chi connectivity index (χ4n) is 2.84. The number of benzene rings is 1. The molecule has 1 heterocycles. The summed E-state index contributed by atoms with van der Waals surface area (Å²) in [6.45, 7) is 6.71. The number of amides is 1. The molecule has 0 fully saturated rings. The summed E-state index contributed by atoms with van der Waals surface area (Å²) in [7, 11) is 0. The van der Waals surface area contributed by atoms with Crippen LogP contribution in [0.1, 0.15) is 45.0 Å². The highest BCUT2D eigenvalue weighted by molar-refractivity contribution is 7.99. The molecule has 7 nitrogen and oxygen atoms in total. The zero-order valence-corrected chi connectivity index (χ0v) is 17.4. The van der Waals surface area contributed by atoms with Crippen LogP contribution in [0.25, 0.3) is 0 Å². The molecule has 1 unspecified atom stereocenters. The Morgan fingerprint density at radius 2 is 1.93 bits per heavy atom. The van der Waals surface area contributed by atoms with Crippen LogP contribution in [-0.4, -0.2) is 43.5 Å². The van der Waals surface area contributed by atoms with E-state index in [9.17, 15) is 14.7 Å². The zero-order chi connectivity index (χ0) is 20.5. The lowest BCUT2D eigenvalue weighted by atomic mass is 10.0. The third kappa shape index (κ3) is 6.67. The summed E-state index contributed by atoms with van der Waals surface area (Å²) >= 11 is 1.28. The van der Waals surface area contributed by atoms with Crippen LogP contribution in [0.5, 0.6) is 0 Å². The first kappa shape index (κ1) is 21.9. The highest BCUT2D eigenvalue weighted by Crippen LogP contribution is 2.19. The molecule has 1 aromatic carbocycles. The van der Waals surface area contributed by atoms with Gasteiger partial charge in [-0.05, 0) is 24.3 Å². The Balaban J connectivity index is 2.01. The van der Waals surface area contributed by atoms with E-state index < -0.39 is 12.0 Å². The SMILES string of the molecule is CCCn1c(Cc2ccccc2)nnc1SCC(=O)NC(CC(C)C)C(=O)O. The van der Waals surface area contributed by atoms with Gasteiger partial charge < -0.3 is 15.0 Å². The third-order valence-electron chi connectivity index (χ3n) is 4.12. The Labute approximate surface area is 169 Å². The van der Waals surface area contributed by atoms with Crippen molar-refractivity contribution in [2.75, 3.05) is 5.75 Å². The molecule has 0 aliphatic carbocycles. The standard InChI is InChI=1S/C20H28N4O3S/c1-4-10-24-17(12-15-8-6-5-7-9-15)22-23-20(24)28-13-18(25)21-16(19(26)27)11-14(2)3/h5-9,14,16H,4,10-13H2,1-3H3,(H,21,25)(H,26,27). The van der Waals surface area contributed by atoms with E-state index in [1.54, 1.807) is 0 Å². The minimum atomic E-state index is -1.01. The van der Waals surface area contributed by atoms with Gasteiger partial charge in [0.25, 0.3) is 0 Å². The van der Waals surface area contributed by atoms with Crippen LogP contribution >= 0.6 is 11.8 Å². The number of carboxylic acids is 1. The predicted molar refractivity (Wildman–Crippen MR) is 109 cm³/mol. The van der Waals surface area contributed by atoms with Crippen LogP contribution in [0.2, 0.25) is 0 Å². The van der Waals surface area contributed by atoms with Gasteiger partial charge in [-0.2, -0.15) is 0 Å². The van der Waals surface area contributed by atoms with Gasteiger partial charge in [0, 0.05) is 13.0 Å². The van der Waals surface area contributed by atoms with E-state index in [4.69, 9.17) is 0 Å². The number of carboxylic acid groups (broad SMARTS) is 1. The number of carbonyl (C=O) groups excluding carboxylic acids is 1. The second kappa shape index (κ2) is 10.8. The highest BCUT2D eigenvalue weighted by Gasteiger charge is 2.22. The van der Waals surface area contributed by atoms with Gasteiger partial charge in [0.1, 0.15) is 11.9 Å². The van der Waals surface area contributed by atoms with Crippen molar-refractivity contribution in [1.29, 1.82) is 0 Å². The molecular weight excluding hydrogens is 376 g/mol. The summed E-state index contributed by atoms with van der Waals surface area (Å²) in [5.41, 5.74) is 1.15. The summed E-state index contributed by atoms with van der Waals surface area (Å²) in [5.74, 6) is -0.170. The monoisotopic (exact) mass is 404 g/mol. The predicted octanol–water partition coefficient (Wildman–Crippen LogP) is 2.99. The third-order valence-corrected chi connectivity index (χ3v) is 5.09. The first-order valence-corrected chi connectivity index (χ1v) is 10.5. The molecule has 0 radical (unpaired) electrons. The maximum atomic E-state index is 12.2. The van der Waals surface area contributed by atoms with E-state index in [1.807, 2.05) is 48.7 Å². The molecule has 152 valence electrons. The van der Waals surface area contributed by atoms with E-state index in [-0.39, 0.29) is 17.6 Å². The zero-order valence-electron chi connectivity index (χ0n) is 16.6. The number of aromatic nitrogens is 3. The molecule has 0 bridgehead atoms. The molecule has 2 N–H and O–H groups in total. The Bertz CT molecular complexity index is 777. The minimum Gasteiger partial charge on any atom is -0.480 e. The second-order valence-electron chi connectivity index (χ2n) is 7.09. The topological polar surface area (TPSA) is 97.1 Å². The van der Waals surface area contributed by atoms with Gasteiger partial charge >= 0.3 is 5.97 Å².